The van der Waals surface area contributed by atoms with Crippen LogP contribution in [0.25, 0.3) is 0 Å². The van der Waals surface area contributed by atoms with Gasteiger partial charge in [0, 0.05) is 12.2 Å². The highest BCUT2D eigenvalue weighted by Crippen LogP contribution is 2.09. The smallest absolute Gasteiger partial charge is 0.209 e. The lowest BCUT2D eigenvalue weighted by atomic mass is 10.2. The fourth-order valence-corrected chi connectivity index (χ4v) is 2.02. The van der Waals surface area contributed by atoms with Crippen molar-refractivity contribution in [3.63, 3.8) is 0 Å². The number of unbranched alkanes of at least 4 members (excludes halogenated alkanes) is 1. The van der Waals surface area contributed by atoms with Crippen LogP contribution < -0.4 is 10.5 Å². The summed E-state index contributed by atoms with van der Waals surface area (Å²) in [6.45, 7) is 2.80. The predicted molar refractivity (Wildman–Crippen MR) is 66.9 cm³/mol. The molecule has 0 heterocycles. The van der Waals surface area contributed by atoms with Crippen molar-refractivity contribution in [1.82, 2.24) is 0 Å². The summed E-state index contributed by atoms with van der Waals surface area (Å²) in [5, 5.41) is 8.14. The van der Waals surface area contributed by atoms with Crippen LogP contribution in [0.1, 0.15) is 18.4 Å². The Hall–Kier alpha value is -1.07. The van der Waals surface area contributed by atoms with Gasteiger partial charge in [0.15, 0.2) is 0 Å². The van der Waals surface area contributed by atoms with Crippen LogP contribution in [-0.4, -0.2) is 20.7 Å². The number of anilines is 1. The minimum Gasteiger partial charge on any atom is -0.385 e. The minimum atomic E-state index is -3.30. The molecule has 0 spiro atoms. The minimum absolute atomic E-state index is 0.0580. The Kier molecular flexibility index (Phi) is 4.76. The lowest BCUT2D eigenvalue weighted by Gasteiger charge is -2.06. The molecule has 5 heteroatoms. The van der Waals surface area contributed by atoms with Gasteiger partial charge in [-0.25, -0.2) is 13.6 Å². The third-order valence-corrected chi connectivity index (χ3v) is 3.06. The fourth-order valence-electron chi connectivity index (χ4n) is 1.42. The van der Waals surface area contributed by atoms with E-state index in [9.17, 15) is 8.42 Å². The van der Waals surface area contributed by atoms with Gasteiger partial charge in [0.05, 0.1) is 5.75 Å². The number of nitrogens with one attached hydrogen (secondary N) is 1. The van der Waals surface area contributed by atoms with Crippen molar-refractivity contribution in [1.29, 1.82) is 0 Å². The number of benzene rings is 1. The highest BCUT2D eigenvalue weighted by molar-refractivity contribution is 7.89. The van der Waals surface area contributed by atoms with E-state index in [1.165, 1.54) is 5.56 Å². The van der Waals surface area contributed by atoms with Crippen LogP contribution >= 0.6 is 0 Å². The molecule has 1 rings (SSSR count). The molecule has 0 aliphatic rings. The van der Waals surface area contributed by atoms with Gasteiger partial charge < -0.3 is 5.32 Å². The first-order valence-corrected chi connectivity index (χ1v) is 7.00. The van der Waals surface area contributed by atoms with E-state index in [-0.39, 0.29) is 5.75 Å². The molecule has 16 heavy (non-hydrogen) atoms. The van der Waals surface area contributed by atoms with Crippen molar-refractivity contribution in [3.8, 4) is 0 Å². The second-order valence-electron chi connectivity index (χ2n) is 3.87. The summed E-state index contributed by atoms with van der Waals surface area (Å²) in [6.07, 6.45) is 1.39. The lowest BCUT2D eigenvalue weighted by molar-refractivity contribution is 0.594. The van der Waals surface area contributed by atoms with E-state index in [1.54, 1.807) is 0 Å². The van der Waals surface area contributed by atoms with E-state index in [4.69, 9.17) is 5.14 Å². The molecule has 0 aliphatic carbocycles. The Morgan fingerprint density at radius 2 is 2.06 bits per heavy atom. The molecular formula is C11H18N2O2S. The molecule has 0 aromatic heterocycles. The average Bonchev–Trinajstić information content (AvgIpc) is 2.15. The maximum atomic E-state index is 10.7. The molecule has 1 aromatic carbocycles. The third kappa shape index (κ3) is 5.72. The molecule has 0 saturated carbocycles. The van der Waals surface area contributed by atoms with Gasteiger partial charge in [0.2, 0.25) is 10.0 Å². The highest BCUT2D eigenvalue weighted by atomic mass is 32.2. The van der Waals surface area contributed by atoms with Gasteiger partial charge >= 0.3 is 0 Å². The SMILES string of the molecule is Cc1cccc(NCCCCS(N)(=O)=O)c1. The third-order valence-electron chi connectivity index (χ3n) is 2.20. The largest absolute Gasteiger partial charge is 0.385 e. The summed E-state index contributed by atoms with van der Waals surface area (Å²) in [4.78, 5) is 0. The number of sulfonamides is 1. The normalized spacial score (nSPS) is 11.4. The van der Waals surface area contributed by atoms with Gasteiger partial charge in [-0.3, -0.25) is 0 Å². The monoisotopic (exact) mass is 242 g/mol. The van der Waals surface area contributed by atoms with Gasteiger partial charge in [-0.15, -0.1) is 0 Å². The van der Waals surface area contributed by atoms with Crippen molar-refractivity contribution >= 4 is 15.7 Å². The molecular weight excluding hydrogens is 224 g/mol. The summed E-state index contributed by atoms with van der Waals surface area (Å²) in [5.41, 5.74) is 2.27. The van der Waals surface area contributed by atoms with Crippen molar-refractivity contribution in [2.45, 2.75) is 19.8 Å². The highest BCUT2D eigenvalue weighted by Gasteiger charge is 2.01. The van der Waals surface area contributed by atoms with E-state index in [1.807, 2.05) is 25.1 Å². The van der Waals surface area contributed by atoms with Crippen LogP contribution in [0, 0.1) is 6.92 Å². The van der Waals surface area contributed by atoms with Gasteiger partial charge in [-0.2, -0.15) is 0 Å². The molecule has 0 saturated heterocycles. The summed E-state index contributed by atoms with van der Waals surface area (Å²) in [5.74, 6) is 0.0580. The molecule has 3 N–H and O–H groups in total. The number of hydrogen-bond acceptors (Lipinski definition) is 3. The van der Waals surface area contributed by atoms with Crippen LogP contribution in [0.15, 0.2) is 24.3 Å². The molecule has 0 aliphatic heterocycles. The first-order valence-electron chi connectivity index (χ1n) is 5.28. The van der Waals surface area contributed by atoms with Crippen LogP contribution in [0.2, 0.25) is 0 Å². The predicted octanol–water partition coefficient (Wildman–Crippen LogP) is 1.48. The van der Waals surface area contributed by atoms with E-state index in [2.05, 4.69) is 11.4 Å². The molecule has 0 radical (unpaired) electrons. The summed E-state index contributed by atoms with van der Waals surface area (Å²) < 4.78 is 21.3. The Bertz CT molecular complexity index is 429. The molecule has 0 unspecified atom stereocenters. The van der Waals surface area contributed by atoms with Crippen LogP contribution in [-0.2, 0) is 10.0 Å². The zero-order valence-electron chi connectivity index (χ0n) is 9.44. The lowest BCUT2D eigenvalue weighted by Crippen LogP contribution is -2.17. The van der Waals surface area contributed by atoms with Crippen molar-refractivity contribution in [3.05, 3.63) is 29.8 Å². The second kappa shape index (κ2) is 5.86. The van der Waals surface area contributed by atoms with E-state index >= 15 is 0 Å². The number of aryl methyl sites for hydroxylation is 1. The summed E-state index contributed by atoms with van der Waals surface area (Å²) >= 11 is 0. The van der Waals surface area contributed by atoms with Gasteiger partial charge in [-0.1, -0.05) is 12.1 Å². The Morgan fingerprint density at radius 3 is 2.69 bits per heavy atom. The molecule has 4 nitrogen and oxygen atoms in total. The zero-order chi connectivity index (χ0) is 12.0. The molecule has 1 aromatic rings. The van der Waals surface area contributed by atoms with Gasteiger partial charge in [-0.05, 0) is 37.5 Å². The van der Waals surface area contributed by atoms with Gasteiger partial charge in [0.1, 0.15) is 0 Å². The number of primary sulfonamides is 1. The molecule has 0 atom stereocenters. The number of rotatable bonds is 6. The van der Waals surface area contributed by atoms with Gasteiger partial charge in [0.25, 0.3) is 0 Å². The van der Waals surface area contributed by atoms with E-state index < -0.39 is 10.0 Å². The Labute approximate surface area is 96.9 Å². The molecule has 0 fully saturated rings. The van der Waals surface area contributed by atoms with Crippen LogP contribution in [0.5, 0.6) is 0 Å². The fraction of sp³-hybridized carbons (Fsp3) is 0.455. The summed E-state index contributed by atoms with van der Waals surface area (Å²) in [6, 6.07) is 8.07. The maximum absolute atomic E-state index is 10.7. The van der Waals surface area contributed by atoms with Crippen LogP contribution in [0.3, 0.4) is 0 Å². The zero-order valence-corrected chi connectivity index (χ0v) is 10.3. The van der Waals surface area contributed by atoms with Crippen molar-refractivity contribution < 1.29 is 8.42 Å². The molecule has 0 bridgehead atoms. The first kappa shape index (κ1) is 13.0. The number of hydrogen-bond donors (Lipinski definition) is 2. The topological polar surface area (TPSA) is 72.2 Å². The Morgan fingerprint density at radius 1 is 1.31 bits per heavy atom. The van der Waals surface area contributed by atoms with Crippen molar-refractivity contribution in [2.24, 2.45) is 5.14 Å². The summed E-state index contributed by atoms with van der Waals surface area (Å²) in [7, 11) is -3.30. The first-order chi connectivity index (χ1) is 7.47. The molecule has 90 valence electrons. The maximum Gasteiger partial charge on any atom is 0.209 e. The molecule has 0 amide bonds. The average molecular weight is 242 g/mol. The Balaban J connectivity index is 2.21. The number of nitrogens with two attached hydrogens (primary N) is 1. The van der Waals surface area contributed by atoms with E-state index in [0.29, 0.717) is 6.42 Å². The standard InChI is InChI=1S/C11H18N2O2S/c1-10-5-4-6-11(9-10)13-7-2-3-8-16(12,14)15/h4-6,9,13H,2-3,7-8H2,1H3,(H2,12,14,15). The second-order valence-corrected chi connectivity index (χ2v) is 5.60. The quantitative estimate of drug-likeness (QED) is 0.742. The van der Waals surface area contributed by atoms with Crippen LogP contribution in [0.4, 0.5) is 5.69 Å². The van der Waals surface area contributed by atoms with E-state index in [0.717, 1.165) is 18.7 Å². The van der Waals surface area contributed by atoms with Crippen molar-refractivity contribution in [2.75, 3.05) is 17.6 Å².